The molecule has 1 saturated carbocycles. The van der Waals surface area contributed by atoms with Crippen LogP contribution in [0.4, 0.5) is 4.79 Å². The van der Waals surface area contributed by atoms with E-state index in [2.05, 4.69) is 15.8 Å². The van der Waals surface area contributed by atoms with Gasteiger partial charge in [0.05, 0.1) is 6.04 Å². The van der Waals surface area contributed by atoms with Crippen LogP contribution in [-0.2, 0) is 11.3 Å². The molecule has 5 nitrogen and oxygen atoms in total. The Labute approximate surface area is 142 Å². The van der Waals surface area contributed by atoms with Crippen molar-refractivity contribution >= 4 is 6.09 Å². The number of likely N-dealkylation sites (tertiary alicyclic amines) is 1. The van der Waals surface area contributed by atoms with E-state index in [9.17, 15) is 4.79 Å². The van der Waals surface area contributed by atoms with Crippen LogP contribution in [0.5, 0.6) is 0 Å². The van der Waals surface area contributed by atoms with Gasteiger partial charge in [0.25, 0.3) is 0 Å². The van der Waals surface area contributed by atoms with Gasteiger partial charge in [0.2, 0.25) is 0 Å². The van der Waals surface area contributed by atoms with Crippen LogP contribution in [0.3, 0.4) is 0 Å². The summed E-state index contributed by atoms with van der Waals surface area (Å²) in [6.07, 6.45) is 6.17. The number of hydrogen-bond donors (Lipinski definition) is 0. The third kappa shape index (κ3) is 3.30. The highest BCUT2D eigenvalue weighted by Crippen LogP contribution is 2.41. The number of amides is 1. The summed E-state index contributed by atoms with van der Waals surface area (Å²) in [5.74, 6) is 0.710. The normalized spacial score (nSPS) is 18.6. The minimum absolute atomic E-state index is 0.208. The molecule has 5 heteroatoms. The van der Waals surface area contributed by atoms with Gasteiger partial charge in [-0.15, -0.1) is 0 Å². The van der Waals surface area contributed by atoms with E-state index in [0.29, 0.717) is 18.6 Å². The Balaban J connectivity index is 1.29. The molecule has 1 aromatic carbocycles. The van der Waals surface area contributed by atoms with Crippen LogP contribution in [0.1, 0.15) is 48.9 Å². The lowest BCUT2D eigenvalue weighted by molar-refractivity contribution is 0.0819. The summed E-state index contributed by atoms with van der Waals surface area (Å²) in [6, 6.07) is 12.4. The number of benzene rings is 1. The first-order valence-corrected chi connectivity index (χ1v) is 8.80. The van der Waals surface area contributed by atoms with Crippen LogP contribution < -0.4 is 0 Å². The predicted octanol–water partition coefficient (Wildman–Crippen LogP) is 3.73. The summed E-state index contributed by atoms with van der Waals surface area (Å²) in [6.45, 7) is 1.81. The van der Waals surface area contributed by atoms with Crippen LogP contribution in [-0.4, -0.2) is 33.9 Å². The highest BCUT2D eigenvalue weighted by Gasteiger charge is 2.31. The second kappa shape index (κ2) is 6.67. The molecule has 1 aliphatic carbocycles. The summed E-state index contributed by atoms with van der Waals surface area (Å²) in [5.41, 5.74) is 2.39. The number of ether oxygens (including phenoxy) is 1. The predicted molar refractivity (Wildman–Crippen MR) is 90.7 cm³/mol. The number of piperidine rings is 1. The molecule has 1 saturated heterocycles. The molecule has 1 aliphatic heterocycles. The number of aromatic nitrogens is 2. The summed E-state index contributed by atoms with van der Waals surface area (Å²) in [5, 5.41) is 4.53. The molecule has 2 heterocycles. The van der Waals surface area contributed by atoms with E-state index in [1.165, 1.54) is 18.5 Å². The zero-order chi connectivity index (χ0) is 16.4. The molecular formula is C19H23N3O2. The molecular weight excluding hydrogens is 302 g/mol. The Morgan fingerprint density at radius 3 is 2.54 bits per heavy atom. The average molecular weight is 325 g/mol. The fraction of sp³-hybridized carbons (Fsp3) is 0.474. The summed E-state index contributed by atoms with van der Waals surface area (Å²) in [7, 11) is 0. The van der Waals surface area contributed by atoms with Gasteiger partial charge < -0.3 is 9.64 Å². The fourth-order valence-electron chi connectivity index (χ4n) is 3.44. The van der Waals surface area contributed by atoms with Crippen molar-refractivity contribution in [3.05, 3.63) is 53.9 Å². The van der Waals surface area contributed by atoms with E-state index >= 15 is 0 Å². The standard InChI is InChI=1S/C19H23N3O2/c23-19(24-14-15-4-2-1-3-5-15)21-12-9-17(10-13-21)22-18(8-11-20-22)16-6-7-16/h1-5,8,11,16-17H,6-7,9-10,12-14H2. The molecule has 1 amide bonds. The first-order chi connectivity index (χ1) is 11.8. The quantitative estimate of drug-likeness (QED) is 0.860. The third-order valence-electron chi connectivity index (χ3n) is 4.97. The zero-order valence-electron chi connectivity index (χ0n) is 13.8. The van der Waals surface area contributed by atoms with Gasteiger partial charge in [-0.1, -0.05) is 30.3 Å². The number of hydrogen-bond acceptors (Lipinski definition) is 3. The number of carbonyl (C=O) groups is 1. The lowest BCUT2D eigenvalue weighted by atomic mass is 10.1. The highest BCUT2D eigenvalue weighted by atomic mass is 16.6. The molecule has 24 heavy (non-hydrogen) atoms. The fourth-order valence-corrected chi connectivity index (χ4v) is 3.44. The maximum Gasteiger partial charge on any atom is 0.410 e. The van der Waals surface area contributed by atoms with Gasteiger partial charge in [-0.05, 0) is 37.3 Å². The van der Waals surface area contributed by atoms with Crippen molar-refractivity contribution in [1.29, 1.82) is 0 Å². The molecule has 0 N–H and O–H groups in total. The Morgan fingerprint density at radius 1 is 1.08 bits per heavy atom. The van der Waals surface area contributed by atoms with Gasteiger partial charge in [-0.25, -0.2) is 4.79 Å². The largest absolute Gasteiger partial charge is 0.445 e. The smallest absolute Gasteiger partial charge is 0.410 e. The molecule has 0 unspecified atom stereocenters. The molecule has 4 rings (SSSR count). The minimum Gasteiger partial charge on any atom is -0.445 e. The highest BCUT2D eigenvalue weighted by molar-refractivity contribution is 5.67. The molecule has 2 aromatic rings. The summed E-state index contributed by atoms with van der Waals surface area (Å²) >= 11 is 0. The SMILES string of the molecule is O=C(OCc1ccccc1)N1CCC(n2nccc2C2CC2)CC1. The van der Waals surface area contributed by atoms with Crippen molar-refractivity contribution in [2.24, 2.45) is 0 Å². The molecule has 0 atom stereocenters. The second-order valence-electron chi connectivity index (χ2n) is 6.73. The number of nitrogens with zero attached hydrogens (tertiary/aromatic N) is 3. The van der Waals surface area contributed by atoms with Crippen molar-refractivity contribution in [1.82, 2.24) is 14.7 Å². The van der Waals surface area contributed by atoms with Crippen LogP contribution in [0.15, 0.2) is 42.6 Å². The van der Waals surface area contributed by atoms with Crippen LogP contribution in [0.25, 0.3) is 0 Å². The van der Waals surface area contributed by atoms with E-state index in [1.807, 2.05) is 41.4 Å². The van der Waals surface area contributed by atoms with Crippen molar-refractivity contribution in [2.45, 2.75) is 44.2 Å². The zero-order valence-corrected chi connectivity index (χ0v) is 13.8. The first kappa shape index (κ1) is 15.2. The maximum absolute atomic E-state index is 12.2. The average Bonchev–Trinajstić information content (AvgIpc) is 3.37. The van der Waals surface area contributed by atoms with Gasteiger partial charge in [-0.3, -0.25) is 4.68 Å². The monoisotopic (exact) mass is 325 g/mol. The lowest BCUT2D eigenvalue weighted by Gasteiger charge is -2.32. The van der Waals surface area contributed by atoms with Crippen molar-refractivity contribution in [3.63, 3.8) is 0 Å². The van der Waals surface area contributed by atoms with Crippen LogP contribution in [0, 0.1) is 0 Å². The second-order valence-corrected chi connectivity index (χ2v) is 6.73. The Kier molecular flexibility index (Phi) is 4.24. The Hall–Kier alpha value is -2.30. The molecule has 1 aromatic heterocycles. The van der Waals surface area contributed by atoms with Gasteiger partial charge in [0, 0.05) is 30.9 Å². The van der Waals surface area contributed by atoms with E-state index in [0.717, 1.165) is 31.5 Å². The van der Waals surface area contributed by atoms with Crippen molar-refractivity contribution in [3.8, 4) is 0 Å². The molecule has 0 radical (unpaired) electrons. The van der Waals surface area contributed by atoms with Crippen molar-refractivity contribution < 1.29 is 9.53 Å². The molecule has 0 bridgehead atoms. The summed E-state index contributed by atoms with van der Waals surface area (Å²) in [4.78, 5) is 14.1. The molecule has 2 fully saturated rings. The van der Waals surface area contributed by atoms with E-state index in [-0.39, 0.29) is 6.09 Å². The first-order valence-electron chi connectivity index (χ1n) is 8.80. The minimum atomic E-state index is -0.208. The van der Waals surface area contributed by atoms with E-state index in [1.54, 1.807) is 0 Å². The van der Waals surface area contributed by atoms with Gasteiger partial charge in [0.15, 0.2) is 0 Å². The maximum atomic E-state index is 12.2. The van der Waals surface area contributed by atoms with E-state index in [4.69, 9.17) is 4.74 Å². The lowest BCUT2D eigenvalue weighted by Crippen LogP contribution is -2.39. The Morgan fingerprint density at radius 2 is 1.83 bits per heavy atom. The van der Waals surface area contributed by atoms with Gasteiger partial charge in [-0.2, -0.15) is 5.10 Å². The van der Waals surface area contributed by atoms with E-state index < -0.39 is 0 Å². The topological polar surface area (TPSA) is 47.4 Å². The molecule has 126 valence electrons. The number of rotatable bonds is 4. The van der Waals surface area contributed by atoms with Gasteiger partial charge in [0.1, 0.15) is 6.61 Å². The number of carbonyl (C=O) groups excluding carboxylic acids is 1. The van der Waals surface area contributed by atoms with Crippen LogP contribution >= 0.6 is 0 Å². The third-order valence-corrected chi connectivity index (χ3v) is 4.97. The molecule has 2 aliphatic rings. The van der Waals surface area contributed by atoms with Crippen LogP contribution in [0.2, 0.25) is 0 Å². The Bertz CT molecular complexity index is 686. The molecule has 0 spiro atoms. The van der Waals surface area contributed by atoms with Gasteiger partial charge >= 0.3 is 6.09 Å². The van der Waals surface area contributed by atoms with Crippen molar-refractivity contribution in [2.75, 3.05) is 13.1 Å². The summed E-state index contributed by atoms with van der Waals surface area (Å²) < 4.78 is 7.63.